The number of aliphatic hydroxyl groups excluding tert-OH is 1. The summed E-state index contributed by atoms with van der Waals surface area (Å²) in [5.74, 6) is -0.204. The second-order valence-electron chi connectivity index (χ2n) is 6.79. The summed E-state index contributed by atoms with van der Waals surface area (Å²) in [5, 5.41) is 14.7. The number of carbonyl (C=O) groups is 2. The van der Waals surface area contributed by atoms with Crippen molar-refractivity contribution < 1.29 is 19.4 Å². The van der Waals surface area contributed by atoms with Crippen molar-refractivity contribution in [2.24, 2.45) is 0 Å². The maximum atomic E-state index is 12.5. The van der Waals surface area contributed by atoms with Gasteiger partial charge in [-0.05, 0) is 31.5 Å². The molecule has 0 aliphatic carbocycles. The first-order valence-electron chi connectivity index (χ1n) is 9.00. The fraction of sp³-hybridized carbons (Fsp3) is 0.333. The quantitative estimate of drug-likeness (QED) is 0.754. The second kappa shape index (κ2) is 7.80. The molecule has 1 unspecified atom stereocenters. The summed E-state index contributed by atoms with van der Waals surface area (Å²) in [7, 11) is 1.54. The number of ether oxygens (including phenoxy) is 1. The van der Waals surface area contributed by atoms with Crippen LogP contribution in [0.15, 0.2) is 42.5 Å². The summed E-state index contributed by atoms with van der Waals surface area (Å²) in [6.45, 7) is 3.69. The highest BCUT2D eigenvalue weighted by atomic mass is 16.5. The summed E-state index contributed by atoms with van der Waals surface area (Å²) in [6, 6.07) is 13.2. The van der Waals surface area contributed by atoms with Crippen LogP contribution < -0.4 is 15.4 Å². The number of rotatable bonds is 5. The number of hydrogen-bond acceptors (Lipinski definition) is 4. The molecular formula is C21H24N2O4. The van der Waals surface area contributed by atoms with E-state index in [0.717, 1.165) is 11.1 Å². The summed E-state index contributed by atoms with van der Waals surface area (Å²) < 4.78 is 6.03. The van der Waals surface area contributed by atoms with Crippen LogP contribution in [0.3, 0.4) is 0 Å². The van der Waals surface area contributed by atoms with Gasteiger partial charge in [-0.1, -0.05) is 30.3 Å². The van der Waals surface area contributed by atoms with E-state index in [9.17, 15) is 14.7 Å². The van der Waals surface area contributed by atoms with Crippen molar-refractivity contribution in [3.8, 4) is 5.75 Å². The molecule has 3 N–H and O–H groups in total. The Hall–Kier alpha value is -2.86. The SMILES string of the molecule is CNC(=O)c1cc(C(=O)NCC(C)O)cc2c1O[C@H](C)[C@H]2c1ccccc1. The van der Waals surface area contributed by atoms with E-state index < -0.39 is 6.10 Å². The molecule has 0 saturated carbocycles. The molecule has 3 atom stereocenters. The Labute approximate surface area is 158 Å². The highest BCUT2D eigenvalue weighted by molar-refractivity contribution is 6.02. The molecule has 142 valence electrons. The van der Waals surface area contributed by atoms with Crippen molar-refractivity contribution in [3.63, 3.8) is 0 Å². The average Bonchev–Trinajstić information content (AvgIpc) is 3.00. The van der Waals surface area contributed by atoms with E-state index in [-0.39, 0.29) is 30.4 Å². The van der Waals surface area contributed by atoms with Gasteiger partial charge < -0.3 is 20.5 Å². The van der Waals surface area contributed by atoms with Gasteiger partial charge >= 0.3 is 0 Å². The standard InChI is InChI=1S/C21H24N2O4/c1-12(24)11-23-20(25)15-9-16-18(14-7-5-4-6-8-14)13(2)27-19(16)17(10-15)21(26)22-3/h4-10,12-13,18,24H,11H2,1-3H3,(H,22,26)(H,23,25)/t12?,13-,18+/m1/s1. The molecule has 0 spiro atoms. The van der Waals surface area contributed by atoms with E-state index in [1.165, 1.54) is 6.07 Å². The van der Waals surface area contributed by atoms with E-state index in [1.54, 1.807) is 20.0 Å². The van der Waals surface area contributed by atoms with E-state index >= 15 is 0 Å². The maximum Gasteiger partial charge on any atom is 0.254 e. The van der Waals surface area contributed by atoms with Crippen molar-refractivity contribution in [1.82, 2.24) is 10.6 Å². The molecule has 2 amide bonds. The Balaban J connectivity index is 2.08. The first-order valence-corrected chi connectivity index (χ1v) is 9.00. The molecule has 1 heterocycles. The molecule has 2 aromatic carbocycles. The van der Waals surface area contributed by atoms with Gasteiger partial charge in [-0.25, -0.2) is 0 Å². The normalized spacial score (nSPS) is 19.0. The zero-order valence-corrected chi connectivity index (χ0v) is 15.7. The summed E-state index contributed by atoms with van der Waals surface area (Å²) in [6.07, 6.45) is -0.816. The minimum atomic E-state index is -0.651. The van der Waals surface area contributed by atoms with Crippen LogP contribution in [0, 0.1) is 0 Å². The third kappa shape index (κ3) is 3.80. The van der Waals surface area contributed by atoms with Gasteiger partial charge in [-0.2, -0.15) is 0 Å². The lowest BCUT2D eigenvalue weighted by Crippen LogP contribution is -2.31. The van der Waals surface area contributed by atoms with Crippen LogP contribution in [0.25, 0.3) is 0 Å². The predicted octanol–water partition coefficient (Wildman–Crippen LogP) is 2.07. The Kier molecular flexibility index (Phi) is 5.46. The lowest BCUT2D eigenvalue weighted by atomic mass is 9.87. The minimum Gasteiger partial charge on any atom is -0.489 e. The summed E-state index contributed by atoms with van der Waals surface area (Å²) in [5.41, 5.74) is 2.58. The molecule has 1 aliphatic rings. The molecule has 0 fully saturated rings. The van der Waals surface area contributed by atoms with Crippen LogP contribution >= 0.6 is 0 Å². The van der Waals surface area contributed by atoms with Crippen molar-refractivity contribution in [2.75, 3.05) is 13.6 Å². The van der Waals surface area contributed by atoms with Crippen molar-refractivity contribution in [1.29, 1.82) is 0 Å². The molecule has 0 saturated heterocycles. The predicted molar refractivity (Wildman–Crippen MR) is 102 cm³/mol. The number of amides is 2. The van der Waals surface area contributed by atoms with Crippen molar-refractivity contribution >= 4 is 11.8 Å². The van der Waals surface area contributed by atoms with Gasteiger partial charge in [-0.15, -0.1) is 0 Å². The Morgan fingerprint density at radius 3 is 2.52 bits per heavy atom. The lowest BCUT2D eigenvalue weighted by molar-refractivity contribution is 0.0924. The van der Waals surface area contributed by atoms with Crippen LogP contribution in [-0.4, -0.2) is 42.7 Å². The minimum absolute atomic E-state index is 0.0749. The van der Waals surface area contributed by atoms with Gasteiger partial charge in [-0.3, -0.25) is 9.59 Å². The summed E-state index contributed by atoms with van der Waals surface area (Å²) in [4.78, 5) is 24.9. The molecule has 0 radical (unpaired) electrons. The van der Waals surface area contributed by atoms with Gasteiger partial charge in [0.1, 0.15) is 11.9 Å². The monoisotopic (exact) mass is 368 g/mol. The maximum absolute atomic E-state index is 12.5. The zero-order chi connectivity index (χ0) is 19.6. The largest absolute Gasteiger partial charge is 0.489 e. The number of benzene rings is 2. The van der Waals surface area contributed by atoms with Crippen LogP contribution in [0.2, 0.25) is 0 Å². The Morgan fingerprint density at radius 1 is 1.19 bits per heavy atom. The first kappa shape index (κ1) is 18.9. The molecule has 0 bridgehead atoms. The lowest BCUT2D eigenvalue weighted by Gasteiger charge is -2.15. The van der Waals surface area contributed by atoms with Crippen LogP contribution in [-0.2, 0) is 0 Å². The van der Waals surface area contributed by atoms with Gasteiger partial charge in [0, 0.05) is 30.6 Å². The Bertz CT molecular complexity index is 849. The number of nitrogens with one attached hydrogen (secondary N) is 2. The Morgan fingerprint density at radius 2 is 1.89 bits per heavy atom. The molecule has 6 heteroatoms. The molecule has 27 heavy (non-hydrogen) atoms. The van der Waals surface area contributed by atoms with Crippen LogP contribution in [0.5, 0.6) is 5.75 Å². The first-order chi connectivity index (χ1) is 12.9. The van der Waals surface area contributed by atoms with Crippen molar-refractivity contribution in [2.45, 2.75) is 32.0 Å². The number of fused-ring (bicyclic) bond motifs is 1. The molecule has 6 nitrogen and oxygen atoms in total. The number of aliphatic hydroxyl groups is 1. The fourth-order valence-corrected chi connectivity index (χ4v) is 3.41. The molecule has 2 aromatic rings. The topological polar surface area (TPSA) is 87.7 Å². The van der Waals surface area contributed by atoms with Crippen LogP contribution in [0.1, 0.15) is 51.6 Å². The third-order valence-corrected chi connectivity index (χ3v) is 4.68. The molecule has 3 rings (SSSR count). The fourth-order valence-electron chi connectivity index (χ4n) is 3.41. The van der Waals surface area contributed by atoms with E-state index in [2.05, 4.69) is 10.6 Å². The summed E-state index contributed by atoms with van der Waals surface area (Å²) >= 11 is 0. The second-order valence-corrected chi connectivity index (χ2v) is 6.79. The third-order valence-electron chi connectivity index (χ3n) is 4.68. The van der Waals surface area contributed by atoms with Crippen LogP contribution in [0.4, 0.5) is 0 Å². The van der Waals surface area contributed by atoms with Gasteiger partial charge in [0.25, 0.3) is 11.8 Å². The molecule has 0 aromatic heterocycles. The average molecular weight is 368 g/mol. The van der Waals surface area contributed by atoms with Gasteiger partial charge in [0.2, 0.25) is 0 Å². The molecule has 1 aliphatic heterocycles. The van der Waals surface area contributed by atoms with Gasteiger partial charge in [0.15, 0.2) is 0 Å². The smallest absolute Gasteiger partial charge is 0.254 e. The van der Waals surface area contributed by atoms with Gasteiger partial charge in [0.05, 0.1) is 11.7 Å². The van der Waals surface area contributed by atoms with E-state index in [1.807, 2.05) is 37.3 Å². The van der Waals surface area contributed by atoms with Crippen molar-refractivity contribution in [3.05, 3.63) is 64.7 Å². The van der Waals surface area contributed by atoms with E-state index in [4.69, 9.17) is 4.74 Å². The van der Waals surface area contributed by atoms with E-state index in [0.29, 0.717) is 16.9 Å². The zero-order valence-electron chi connectivity index (χ0n) is 15.7. The molecular weight excluding hydrogens is 344 g/mol. The number of carbonyl (C=O) groups excluding carboxylic acids is 2. The highest BCUT2D eigenvalue weighted by Gasteiger charge is 2.36. The highest BCUT2D eigenvalue weighted by Crippen LogP contribution is 2.44. The number of hydrogen-bond donors (Lipinski definition) is 3.